The summed E-state index contributed by atoms with van der Waals surface area (Å²) in [7, 11) is 0. The summed E-state index contributed by atoms with van der Waals surface area (Å²) in [6.07, 6.45) is 2.96. The molecule has 0 spiro atoms. The smallest absolute Gasteiger partial charge is 0.0825 e. The van der Waals surface area contributed by atoms with Gasteiger partial charge in [0.15, 0.2) is 0 Å². The van der Waals surface area contributed by atoms with Gasteiger partial charge in [-0.25, -0.2) is 0 Å². The Morgan fingerprint density at radius 1 is 1.56 bits per heavy atom. The number of aliphatic imine (C=N–C) groups is 1. The molecule has 2 heteroatoms. The first-order valence-corrected chi connectivity index (χ1v) is 3.64. The van der Waals surface area contributed by atoms with Crippen LogP contribution in [0.2, 0.25) is 0 Å². The van der Waals surface area contributed by atoms with Crippen molar-refractivity contribution in [1.29, 1.82) is 0 Å². The van der Waals surface area contributed by atoms with E-state index in [1.165, 1.54) is 6.42 Å². The van der Waals surface area contributed by atoms with Crippen LogP contribution in [-0.4, -0.2) is 18.9 Å². The molecule has 1 unspecified atom stereocenters. The predicted octanol–water partition coefficient (Wildman–Crippen LogP) is 1.42. The van der Waals surface area contributed by atoms with Gasteiger partial charge in [-0.3, -0.25) is 4.99 Å². The van der Waals surface area contributed by atoms with E-state index in [1.54, 1.807) is 6.34 Å². The molecule has 54 valence electrons. The molecule has 1 aliphatic heterocycles. The normalized spacial score (nSPS) is 23.7. The second-order valence-corrected chi connectivity index (χ2v) is 1.89. The molecule has 0 aromatic carbocycles. The Balaban J connectivity index is 0.000000291. The van der Waals surface area contributed by atoms with Crippen LogP contribution in [0.15, 0.2) is 4.99 Å². The van der Waals surface area contributed by atoms with Crippen molar-refractivity contribution in [2.75, 3.05) is 6.54 Å². The quantitative estimate of drug-likeness (QED) is 0.524. The van der Waals surface area contributed by atoms with E-state index >= 15 is 0 Å². The summed E-state index contributed by atoms with van der Waals surface area (Å²) in [4.78, 5) is 3.99. The van der Waals surface area contributed by atoms with Crippen LogP contribution < -0.4 is 5.32 Å². The number of nitrogens with zero attached hydrogens (tertiary/aromatic N) is 1. The summed E-state index contributed by atoms with van der Waals surface area (Å²) in [5.41, 5.74) is 0. The maximum atomic E-state index is 3.99. The molecular weight excluding hydrogens is 112 g/mol. The van der Waals surface area contributed by atoms with E-state index in [9.17, 15) is 0 Å². The third kappa shape index (κ3) is 4.01. The maximum Gasteiger partial charge on any atom is 0.0825 e. The van der Waals surface area contributed by atoms with Gasteiger partial charge in [0.1, 0.15) is 0 Å². The molecule has 9 heavy (non-hydrogen) atoms. The SMILES string of the molecule is CC.CC1CCN=CN1. The lowest BCUT2D eigenvalue weighted by molar-refractivity contribution is 0.597. The highest BCUT2D eigenvalue weighted by Crippen LogP contribution is 1.92. The molecule has 1 heterocycles. The van der Waals surface area contributed by atoms with E-state index in [4.69, 9.17) is 0 Å². The third-order valence-corrected chi connectivity index (χ3v) is 1.14. The van der Waals surface area contributed by atoms with Crippen LogP contribution >= 0.6 is 0 Å². The van der Waals surface area contributed by atoms with Gasteiger partial charge < -0.3 is 5.32 Å². The minimum Gasteiger partial charge on any atom is -0.374 e. The highest BCUT2D eigenvalue weighted by Gasteiger charge is 1.99. The minimum absolute atomic E-state index is 0.637. The lowest BCUT2D eigenvalue weighted by atomic mass is 10.2. The molecule has 0 amide bonds. The van der Waals surface area contributed by atoms with Crippen molar-refractivity contribution in [3.8, 4) is 0 Å². The fourth-order valence-electron chi connectivity index (χ4n) is 0.596. The minimum atomic E-state index is 0.637. The Kier molecular flexibility index (Phi) is 5.27. The second-order valence-electron chi connectivity index (χ2n) is 1.89. The first kappa shape index (κ1) is 8.47. The van der Waals surface area contributed by atoms with Gasteiger partial charge >= 0.3 is 0 Å². The van der Waals surface area contributed by atoms with Gasteiger partial charge in [0.2, 0.25) is 0 Å². The van der Waals surface area contributed by atoms with Crippen molar-refractivity contribution in [1.82, 2.24) is 5.32 Å². The molecule has 0 bridgehead atoms. The van der Waals surface area contributed by atoms with Crippen LogP contribution in [0.3, 0.4) is 0 Å². The van der Waals surface area contributed by atoms with Gasteiger partial charge in [-0.05, 0) is 13.3 Å². The Morgan fingerprint density at radius 2 is 2.22 bits per heavy atom. The van der Waals surface area contributed by atoms with E-state index in [-0.39, 0.29) is 0 Å². The molecule has 1 N–H and O–H groups in total. The van der Waals surface area contributed by atoms with E-state index in [0.717, 1.165) is 6.54 Å². The molecule has 0 aliphatic carbocycles. The number of hydrogen-bond acceptors (Lipinski definition) is 2. The topological polar surface area (TPSA) is 24.4 Å². The Morgan fingerprint density at radius 3 is 2.44 bits per heavy atom. The van der Waals surface area contributed by atoms with Gasteiger partial charge in [0.25, 0.3) is 0 Å². The van der Waals surface area contributed by atoms with Gasteiger partial charge in [-0.15, -0.1) is 0 Å². The summed E-state index contributed by atoms with van der Waals surface area (Å²) >= 11 is 0. The van der Waals surface area contributed by atoms with Gasteiger partial charge in [0, 0.05) is 12.6 Å². The van der Waals surface area contributed by atoms with Crippen molar-refractivity contribution in [3.63, 3.8) is 0 Å². The highest BCUT2D eigenvalue weighted by molar-refractivity contribution is 5.55. The molecule has 1 rings (SSSR count). The van der Waals surface area contributed by atoms with Gasteiger partial charge in [0.05, 0.1) is 6.34 Å². The number of rotatable bonds is 0. The standard InChI is InChI=1S/C5H10N2.C2H6/c1-5-2-3-6-4-7-5;1-2/h4-5H,2-3H2,1H3,(H,6,7);1-2H3. The van der Waals surface area contributed by atoms with E-state index in [2.05, 4.69) is 17.2 Å². The first-order valence-electron chi connectivity index (χ1n) is 3.64. The van der Waals surface area contributed by atoms with Crippen LogP contribution in [0.4, 0.5) is 0 Å². The summed E-state index contributed by atoms with van der Waals surface area (Å²) in [5.74, 6) is 0. The molecule has 1 aliphatic rings. The molecular formula is C7H16N2. The molecule has 0 saturated heterocycles. The monoisotopic (exact) mass is 128 g/mol. The Bertz CT molecular complexity index is 79.0. The van der Waals surface area contributed by atoms with Crippen LogP contribution in [0, 0.1) is 0 Å². The molecule has 0 aromatic heterocycles. The molecule has 1 atom stereocenters. The van der Waals surface area contributed by atoms with Crippen molar-refractivity contribution >= 4 is 6.34 Å². The number of hydrogen-bond donors (Lipinski definition) is 1. The lowest BCUT2D eigenvalue weighted by Gasteiger charge is -2.12. The fourth-order valence-corrected chi connectivity index (χ4v) is 0.596. The Hall–Kier alpha value is -0.530. The first-order chi connectivity index (χ1) is 4.39. The third-order valence-electron chi connectivity index (χ3n) is 1.14. The molecule has 2 nitrogen and oxygen atoms in total. The van der Waals surface area contributed by atoms with Crippen molar-refractivity contribution in [2.24, 2.45) is 4.99 Å². The van der Waals surface area contributed by atoms with E-state index < -0.39 is 0 Å². The number of nitrogens with one attached hydrogen (secondary N) is 1. The van der Waals surface area contributed by atoms with Crippen molar-refractivity contribution in [2.45, 2.75) is 33.2 Å². The van der Waals surface area contributed by atoms with E-state index in [1.807, 2.05) is 13.8 Å². The predicted molar refractivity (Wildman–Crippen MR) is 41.9 cm³/mol. The zero-order valence-electron chi connectivity index (χ0n) is 6.52. The molecule has 0 saturated carbocycles. The Labute approximate surface area is 57.4 Å². The van der Waals surface area contributed by atoms with Crippen molar-refractivity contribution < 1.29 is 0 Å². The summed E-state index contributed by atoms with van der Waals surface area (Å²) in [6.45, 7) is 7.15. The second kappa shape index (κ2) is 5.60. The lowest BCUT2D eigenvalue weighted by Crippen LogP contribution is -2.28. The largest absolute Gasteiger partial charge is 0.374 e. The maximum absolute atomic E-state index is 3.99. The zero-order chi connectivity index (χ0) is 7.11. The van der Waals surface area contributed by atoms with Crippen LogP contribution in [-0.2, 0) is 0 Å². The summed E-state index contributed by atoms with van der Waals surface area (Å²) < 4.78 is 0. The summed E-state index contributed by atoms with van der Waals surface area (Å²) in [5, 5.41) is 3.09. The van der Waals surface area contributed by atoms with Crippen molar-refractivity contribution in [3.05, 3.63) is 0 Å². The molecule has 0 radical (unpaired) electrons. The van der Waals surface area contributed by atoms with Crippen LogP contribution in [0.5, 0.6) is 0 Å². The highest BCUT2D eigenvalue weighted by atomic mass is 15.0. The van der Waals surface area contributed by atoms with Crippen LogP contribution in [0.1, 0.15) is 27.2 Å². The fraction of sp³-hybridized carbons (Fsp3) is 0.857. The summed E-state index contributed by atoms with van der Waals surface area (Å²) in [6, 6.07) is 0.637. The van der Waals surface area contributed by atoms with Gasteiger partial charge in [-0.2, -0.15) is 0 Å². The molecule has 0 aromatic rings. The average Bonchev–Trinajstić information content (AvgIpc) is 1.94. The zero-order valence-corrected chi connectivity index (χ0v) is 6.52. The van der Waals surface area contributed by atoms with Crippen LogP contribution in [0.25, 0.3) is 0 Å². The van der Waals surface area contributed by atoms with E-state index in [0.29, 0.717) is 6.04 Å². The van der Waals surface area contributed by atoms with Gasteiger partial charge in [-0.1, -0.05) is 13.8 Å². The average molecular weight is 128 g/mol. The molecule has 0 fully saturated rings.